The molecule has 1 saturated heterocycles. The van der Waals surface area contributed by atoms with Crippen molar-refractivity contribution in [3.8, 4) is 0 Å². The van der Waals surface area contributed by atoms with Gasteiger partial charge in [0.05, 0.1) is 0 Å². The predicted molar refractivity (Wildman–Crippen MR) is 73.5 cm³/mol. The van der Waals surface area contributed by atoms with Crippen molar-refractivity contribution in [2.45, 2.75) is 37.5 Å². The number of H-pyrrole nitrogens is 1. The first-order valence-electron chi connectivity index (χ1n) is 7.19. The van der Waals surface area contributed by atoms with Crippen LogP contribution in [0.15, 0.2) is 10.6 Å². The number of nitrogens with one attached hydrogen (secondary N) is 1. The van der Waals surface area contributed by atoms with Crippen LogP contribution >= 0.6 is 0 Å². The van der Waals surface area contributed by atoms with E-state index in [9.17, 15) is 0 Å². The molecular formula is C13H18N6O. The van der Waals surface area contributed by atoms with E-state index in [-0.39, 0.29) is 0 Å². The maximum Gasteiger partial charge on any atom is 0.324 e. The quantitative estimate of drug-likeness (QED) is 0.883. The lowest BCUT2D eigenvalue weighted by Gasteiger charge is -2.29. The summed E-state index contributed by atoms with van der Waals surface area (Å²) in [6.45, 7) is 1.85. The van der Waals surface area contributed by atoms with Gasteiger partial charge in [0.2, 0.25) is 0 Å². The zero-order chi connectivity index (χ0) is 13.5. The Morgan fingerprint density at radius 2 is 2.00 bits per heavy atom. The van der Waals surface area contributed by atoms with Crippen molar-refractivity contribution in [1.82, 2.24) is 20.3 Å². The van der Waals surface area contributed by atoms with Crippen LogP contribution in [0.2, 0.25) is 0 Å². The summed E-state index contributed by atoms with van der Waals surface area (Å²) in [4.78, 5) is 6.68. The van der Waals surface area contributed by atoms with Crippen molar-refractivity contribution < 1.29 is 4.52 Å². The van der Waals surface area contributed by atoms with Crippen LogP contribution in [0.3, 0.4) is 0 Å². The lowest BCUT2D eigenvalue weighted by molar-refractivity contribution is 0.388. The van der Waals surface area contributed by atoms with Crippen molar-refractivity contribution in [3.63, 3.8) is 0 Å². The van der Waals surface area contributed by atoms with Gasteiger partial charge in [-0.15, -0.1) is 0 Å². The van der Waals surface area contributed by atoms with Gasteiger partial charge in [-0.25, -0.2) is 0 Å². The Bertz CT molecular complexity index is 594. The second kappa shape index (κ2) is 4.50. The monoisotopic (exact) mass is 274 g/mol. The second-order valence-electron chi connectivity index (χ2n) is 5.72. The van der Waals surface area contributed by atoms with E-state index < -0.39 is 0 Å². The minimum Gasteiger partial charge on any atom is -0.382 e. The summed E-state index contributed by atoms with van der Waals surface area (Å²) >= 11 is 0. The molecule has 0 amide bonds. The van der Waals surface area contributed by atoms with Crippen molar-refractivity contribution in [3.05, 3.63) is 17.6 Å². The van der Waals surface area contributed by atoms with E-state index in [4.69, 9.17) is 10.3 Å². The summed E-state index contributed by atoms with van der Waals surface area (Å²) in [5.74, 6) is 2.47. The third kappa shape index (κ3) is 2.13. The van der Waals surface area contributed by atoms with Crippen LogP contribution in [0.4, 0.5) is 11.8 Å². The molecule has 2 aliphatic rings. The van der Waals surface area contributed by atoms with Crippen LogP contribution in [-0.2, 0) is 0 Å². The molecule has 1 aliphatic heterocycles. The zero-order valence-electron chi connectivity index (χ0n) is 11.2. The molecule has 2 aromatic heterocycles. The van der Waals surface area contributed by atoms with E-state index in [1.54, 1.807) is 0 Å². The Kier molecular flexibility index (Phi) is 2.64. The molecule has 0 bridgehead atoms. The van der Waals surface area contributed by atoms with Gasteiger partial charge in [-0.2, -0.15) is 10.1 Å². The molecule has 4 rings (SSSR count). The summed E-state index contributed by atoms with van der Waals surface area (Å²) in [5.41, 5.74) is 6.79. The highest BCUT2D eigenvalue weighted by Gasteiger charge is 2.31. The Morgan fingerprint density at radius 3 is 2.65 bits per heavy atom. The van der Waals surface area contributed by atoms with E-state index in [1.165, 1.54) is 12.8 Å². The highest BCUT2D eigenvalue weighted by Crippen LogP contribution is 2.39. The molecule has 1 aliphatic carbocycles. The average Bonchev–Trinajstić information content (AvgIpc) is 3.04. The van der Waals surface area contributed by atoms with Gasteiger partial charge in [-0.05, 0) is 25.7 Å². The van der Waals surface area contributed by atoms with Crippen molar-refractivity contribution in [1.29, 1.82) is 0 Å². The van der Waals surface area contributed by atoms with Gasteiger partial charge < -0.3 is 15.2 Å². The molecule has 2 fully saturated rings. The first-order valence-corrected chi connectivity index (χ1v) is 7.19. The minimum absolute atomic E-state index is 0.488. The Hall–Kier alpha value is -2.05. The first-order chi connectivity index (χ1) is 9.79. The number of piperidine rings is 1. The van der Waals surface area contributed by atoms with E-state index in [0.29, 0.717) is 23.7 Å². The molecule has 0 unspecified atom stereocenters. The van der Waals surface area contributed by atoms with Crippen LogP contribution < -0.4 is 10.6 Å². The summed E-state index contributed by atoms with van der Waals surface area (Å²) < 4.78 is 5.38. The van der Waals surface area contributed by atoms with Gasteiger partial charge in [-0.1, -0.05) is 5.16 Å². The number of hydrogen-bond acceptors (Lipinski definition) is 6. The van der Waals surface area contributed by atoms with E-state index in [1.807, 2.05) is 6.07 Å². The van der Waals surface area contributed by atoms with Gasteiger partial charge in [0.15, 0.2) is 5.82 Å². The van der Waals surface area contributed by atoms with E-state index >= 15 is 0 Å². The topological polar surface area (TPSA) is 96.9 Å². The van der Waals surface area contributed by atoms with Crippen LogP contribution in [-0.4, -0.2) is 33.4 Å². The molecule has 0 spiro atoms. The lowest BCUT2D eigenvalue weighted by atomic mass is 9.94. The van der Waals surface area contributed by atoms with Crippen molar-refractivity contribution in [2.75, 3.05) is 23.7 Å². The highest BCUT2D eigenvalue weighted by molar-refractivity contribution is 5.32. The normalized spacial score (nSPS) is 20.5. The summed E-state index contributed by atoms with van der Waals surface area (Å²) in [7, 11) is 0. The number of aromatic nitrogens is 4. The summed E-state index contributed by atoms with van der Waals surface area (Å²) in [6, 6.07) is 2.60. The third-order valence-electron chi connectivity index (χ3n) is 4.20. The molecule has 3 heterocycles. The first kappa shape index (κ1) is 11.7. The fourth-order valence-electron chi connectivity index (χ4n) is 2.81. The van der Waals surface area contributed by atoms with Gasteiger partial charge >= 0.3 is 6.01 Å². The van der Waals surface area contributed by atoms with Crippen molar-refractivity contribution >= 4 is 11.8 Å². The van der Waals surface area contributed by atoms with Crippen LogP contribution in [0.25, 0.3) is 0 Å². The molecule has 20 heavy (non-hydrogen) atoms. The summed E-state index contributed by atoms with van der Waals surface area (Å²) in [5, 5.41) is 11.1. The number of aromatic amines is 1. The maximum absolute atomic E-state index is 5.65. The van der Waals surface area contributed by atoms with Crippen LogP contribution in [0, 0.1) is 0 Å². The third-order valence-corrected chi connectivity index (χ3v) is 4.20. The molecular weight excluding hydrogens is 256 g/mol. The Balaban J connectivity index is 1.40. The predicted octanol–water partition coefficient (Wildman–Crippen LogP) is 1.64. The number of nitrogen functional groups attached to an aromatic ring is 1. The molecule has 7 heteroatoms. The second-order valence-corrected chi connectivity index (χ2v) is 5.72. The molecule has 7 nitrogen and oxygen atoms in total. The van der Waals surface area contributed by atoms with Gasteiger partial charge in [0.1, 0.15) is 5.82 Å². The van der Waals surface area contributed by atoms with E-state index in [2.05, 4.69) is 25.2 Å². The number of rotatable bonds is 3. The van der Waals surface area contributed by atoms with Gasteiger partial charge in [-0.3, -0.25) is 5.10 Å². The summed E-state index contributed by atoms with van der Waals surface area (Å²) in [6.07, 6.45) is 4.48. The molecule has 1 saturated carbocycles. The largest absolute Gasteiger partial charge is 0.382 e. The molecule has 0 aromatic carbocycles. The van der Waals surface area contributed by atoms with E-state index in [0.717, 1.165) is 37.4 Å². The number of anilines is 2. The zero-order valence-corrected chi connectivity index (χ0v) is 11.2. The van der Waals surface area contributed by atoms with Crippen molar-refractivity contribution in [2.24, 2.45) is 0 Å². The SMILES string of the molecule is Nc1cc(C2CCN(c3nc(C4CC4)no3)CC2)[nH]n1. The van der Waals surface area contributed by atoms with Crippen LogP contribution in [0.5, 0.6) is 0 Å². The molecule has 3 N–H and O–H groups in total. The molecule has 0 radical (unpaired) electrons. The maximum atomic E-state index is 5.65. The smallest absolute Gasteiger partial charge is 0.324 e. The molecule has 106 valence electrons. The number of nitrogens with two attached hydrogens (primary N) is 1. The molecule has 0 atom stereocenters. The van der Waals surface area contributed by atoms with Gasteiger partial charge in [0, 0.05) is 36.7 Å². The Morgan fingerprint density at radius 1 is 1.20 bits per heavy atom. The Labute approximate surface area is 116 Å². The van der Waals surface area contributed by atoms with Gasteiger partial charge in [0.25, 0.3) is 0 Å². The number of hydrogen-bond donors (Lipinski definition) is 2. The average molecular weight is 274 g/mol. The highest BCUT2D eigenvalue weighted by atomic mass is 16.5. The fraction of sp³-hybridized carbons (Fsp3) is 0.615. The standard InChI is InChI=1S/C13H18N6O/c14-11-7-10(16-17-11)8-3-5-19(6-4-8)13-15-12(18-20-13)9-1-2-9/h7-9H,1-6H2,(H3,14,16,17). The number of nitrogens with zero attached hydrogens (tertiary/aromatic N) is 4. The molecule has 2 aromatic rings. The lowest BCUT2D eigenvalue weighted by Crippen LogP contribution is -2.33. The fourth-order valence-corrected chi connectivity index (χ4v) is 2.81. The minimum atomic E-state index is 0.488. The van der Waals surface area contributed by atoms with Crippen LogP contribution in [0.1, 0.15) is 49.0 Å².